The fourth-order valence-corrected chi connectivity index (χ4v) is 2.43. The predicted octanol–water partition coefficient (Wildman–Crippen LogP) is 3.30. The minimum Gasteiger partial charge on any atom is -0.492 e. The van der Waals surface area contributed by atoms with Crippen LogP contribution >= 0.6 is 0 Å². The van der Waals surface area contributed by atoms with Gasteiger partial charge >= 0.3 is 0 Å². The molecule has 2 aliphatic rings. The number of benzene rings is 2. The maximum atomic E-state index is 8.71. The zero-order chi connectivity index (χ0) is 13.0. The van der Waals surface area contributed by atoms with Crippen molar-refractivity contribution in [1.29, 1.82) is 0 Å². The van der Waals surface area contributed by atoms with Crippen LogP contribution in [-0.4, -0.2) is 6.58 Å². The highest BCUT2D eigenvalue weighted by Crippen LogP contribution is 2.50. The van der Waals surface area contributed by atoms with Crippen LogP contribution in [-0.2, 0) is 0 Å². The molecule has 0 N–H and O–H groups in total. The summed E-state index contributed by atoms with van der Waals surface area (Å²) in [6, 6.07) is 14.9. The van der Waals surface area contributed by atoms with Gasteiger partial charge in [0.1, 0.15) is 17.6 Å². The Balaban J connectivity index is 1.96. The molecule has 4 rings (SSSR count). The molecule has 1 unspecified atom stereocenters. The normalized spacial score (nSPS) is 34.4. The van der Waals surface area contributed by atoms with Crippen LogP contribution in [0, 0.1) is 0 Å². The van der Waals surface area contributed by atoms with Gasteiger partial charge in [-0.25, -0.2) is 0 Å². The van der Waals surface area contributed by atoms with Gasteiger partial charge in [-0.15, -0.1) is 0 Å². The lowest BCUT2D eigenvalue weighted by molar-refractivity contribution is 0.139. The van der Waals surface area contributed by atoms with Crippen molar-refractivity contribution in [3.8, 4) is 11.5 Å². The van der Waals surface area contributed by atoms with Gasteiger partial charge in [0.25, 0.3) is 0 Å². The number of ether oxygens (including phenoxy) is 2. The summed E-state index contributed by atoms with van der Waals surface area (Å²) in [6.45, 7) is -0.823. The highest BCUT2D eigenvalue weighted by molar-refractivity contribution is 5.48. The van der Waals surface area contributed by atoms with Crippen LogP contribution in [0.2, 0.25) is 0 Å². The van der Waals surface area contributed by atoms with Crippen LogP contribution < -0.4 is 9.47 Å². The number of rotatable bonds is 0. The van der Waals surface area contributed by atoms with Crippen molar-refractivity contribution in [3.05, 3.63) is 59.7 Å². The van der Waals surface area contributed by atoms with Crippen LogP contribution in [0.25, 0.3) is 0 Å². The van der Waals surface area contributed by atoms with Gasteiger partial charge in [-0.05, 0) is 12.1 Å². The molecule has 0 fully saturated rings. The van der Waals surface area contributed by atoms with E-state index in [1.165, 1.54) is 0 Å². The quantitative estimate of drug-likeness (QED) is 0.686. The van der Waals surface area contributed by atoms with Crippen molar-refractivity contribution >= 4 is 0 Å². The SMILES string of the molecule is [2H]C1Oc2ccccc2[C@@]2([2H])Oc3ccccc3[C@@H]12. The monoisotopic (exact) mass is 226 g/mol. The third-order valence-corrected chi connectivity index (χ3v) is 3.24. The van der Waals surface area contributed by atoms with E-state index in [1.807, 2.05) is 42.5 Å². The van der Waals surface area contributed by atoms with Gasteiger partial charge in [0, 0.05) is 11.1 Å². The second kappa shape index (κ2) is 3.27. The minimum atomic E-state index is -1.26. The first-order valence-electron chi connectivity index (χ1n) is 6.74. The average molecular weight is 226 g/mol. The highest BCUT2D eigenvalue weighted by atomic mass is 16.5. The third-order valence-electron chi connectivity index (χ3n) is 3.24. The van der Waals surface area contributed by atoms with Crippen molar-refractivity contribution in [3.63, 3.8) is 0 Å². The summed E-state index contributed by atoms with van der Waals surface area (Å²) >= 11 is 0. The first-order valence-corrected chi connectivity index (χ1v) is 5.66. The maximum absolute atomic E-state index is 8.71. The standard InChI is InChI=1S/C15H12O2/c1-4-8-14-10(5-1)12-9-16-13-7-3-2-6-11(13)15(12)17-14/h1-8,12,15H,9H2/t12-,15-/m1/s1/i9D,15D/t9?,12-,15-. The second-order valence-corrected chi connectivity index (χ2v) is 4.23. The van der Waals surface area contributed by atoms with E-state index in [4.69, 9.17) is 12.2 Å². The van der Waals surface area contributed by atoms with E-state index in [0.717, 1.165) is 5.56 Å². The van der Waals surface area contributed by atoms with Gasteiger partial charge in [0.05, 0.1) is 15.2 Å². The molecular formula is C15H12O2. The molecule has 3 atom stereocenters. The predicted molar refractivity (Wildman–Crippen MR) is 64.5 cm³/mol. The van der Waals surface area contributed by atoms with Crippen LogP contribution in [0.3, 0.4) is 0 Å². The number of hydrogen-bond donors (Lipinski definition) is 0. The maximum Gasteiger partial charge on any atom is 0.138 e. The lowest BCUT2D eigenvalue weighted by Gasteiger charge is -2.27. The van der Waals surface area contributed by atoms with Gasteiger partial charge < -0.3 is 9.47 Å². The molecule has 2 heteroatoms. The Hall–Kier alpha value is -1.96. The van der Waals surface area contributed by atoms with Crippen LogP contribution in [0.4, 0.5) is 0 Å². The summed E-state index contributed by atoms with van der Waals surface area (Å²) in [5, 5.41) is 0. The first-order chi connectivity index (χ1) is 9.20. The summed E-state index contributed by atoms with van der Waals surface area (Å²) in [4.78, 5) is 0. The summed E-state index contributed by atoms with van der Waals surface area (Å²) < 4.78 is 28.4. The van der Waals surface area contributed by atoms with Gasteiger partial charge in [0.15, 0.2) is 0 Å². The average Bonchev–Trinajstić information content (AvgIpc) is 2.72. The molecule has 17 heavy (non-hydrogen) atoms. The molecule has 2 heterocycles. The summed E-state index contributed by atoms with van der Waals surface area (Å²) in [7, 11) is 0. The Kier molecular flexibility index (Phi) is 1.42. The number of fused-ring (bicyclic) bond motifs is 5. The zero-order valence-electron chi connectivity index (χ0n) is 11.1. The molecule has 2 aromatic rings. The van der Waals surface area contributed by atoms with E-state index in [1.54, 1.807) is 6.07 Å². The molecule has 0 bridgehead atoms. The van der Waals surface area contributed by atoms with E-state index < -0.39 is 18.6 Å². The number of para-hydroxylation sites is 2. The molecule has 2 aliphatic heterocycles. The lowest BCUT2D eigenvalue weighted by Crippen LogP contribution is -2.22. The second-order valence-electron chi connectivity index (χ2n) is 4.23. The topological polar surface area (TPSA) is 18.5 Å². The van der Waals surface area contributed by atoms with Crippen LogP contribution in [0.1, 0.15) is 25.9 Å². The molecule has 0 spiro atoms. The first kappa shape index (κ1) is 7.38. The molecule has 84 valence electrons. The van der Waals surface area contributed by atoms with Crippen molar-refractivity contribution < 1.29 is 12.2 Å². The molecule has 0 amide bonds. The zero-order valence-corrected chi connectivity index (χ0v) is 9.09. The van der Waals surface area contributed by atoms with E-state index in [0.29, 0.717) is 17.1 Å². The fraction of sp³-hybridized carbons (Fsp3) is 0.200. The summed E-state index contributed by atoms with van der Waals surface area (Å²) in [5.74, 6) is 0.834. The van der Waals surface area contributed by atoms with E-state index >= 15 is 0 Å². The molecule has 0 aromatic heterocycles. The molecule has 0 saturated heterocycles. The Bertz CT molecular complexity index is 658. The number of hydrogen-bond acceptors (Lipinski definition) is 2. The van der Waals surface area contributed by atoms with Crippen molar-refractivity contribution in [2.75, 3.05) is 6.58 Å². The summed E-state index contributed by atoms with van der Waals surface area (Å²) in [5.41, 5.74) is 1.58. The molecule has 2 aromatic carbocycles. The highest BCUT2D eigenvalue weighted by Gasteiger charge is 2.40. The molecular weight excluding hydrogens is 212 g/mol. The molecule has 2 nitrogen and oxygen atoms in total. The van der Waals surface area contributed by atoms with Crippen molar-refractivity contribution in [1.82, 2.24) is 0 Å². The molecule has 0 aliphatic carbocycles. The minimum absolute atomic E-state index is 0.418. The van der Waals surface area contributed by atoms with Gasteiger partial charge in [-0.1, -0.05) is 36.4 Å². The van der Waals surface area contributed by atoms with Gasteiger partial charge in [0.2, 0.25) is 0 Å². The largest absolute Gasteiger partial charge is 0.492 e. The van der Waals surface area contributed by atoms with Crippen LogP contribution in [0.15, 0.2) is 48.5 Å². The van der Waals surface area contributed by atoms with Crippen molar-refractivity contribution in [2.24, 2.45) is 0 Å². The molecule has 0 radical (unpaired) electrons. The summed E-state index contributed by atoms with van der Waals surface area (Å²) in [6.07, 6.45) is -1.26. The van der Waals surface area contributed by atoms with E-state index in [9.17, 15) is 0 Å². The molecule has 0 saturated carbocycles. The van der Waals surface area contributed by atoms with Gasteiger partial charge in [-0.2, -0.15) is 0 Å². The van der Waals surface area contributed by atoms with Crippen LogP contribution in [0.5, 0.6) is 11.5 Å². The van der Waals surface area contributed by atoms with Crippen molar-refractivity contribution in [2.45, 2.75) is 12.0 Å². The Morgan fingerprint density at radius 2 is 1.71 bits per heavy atom. The van der Waals surface area contributed by atoms with E-state index in [-0.39, 0.29) is 0 Å². The van der Waals surface area contributed by atoms with Gasteiger partial charge in [-0.3, -0.25) is 0 Å². The Morgan fingerprint density at radius 3 is 2.59 bits per heavy atom. The fourth-order valence-electron chi connectivity index (χ4n) is 2.43. The Morgan fingerprint density at radius 1 is 1.00 bits per heavy atom. The smallest absolute Gasteiger partial charge is 0.138 e. The Labute approximate surface area is 103 Å². The van der Waals surface area contributed by atoms with E-state index in [2.05, 4.69) is 0 Å². The lowest BCUT2D eigenvalue weighted by atomic mass is 9.89. The third kappa shape index (κ3) is 1.21.